The molecule has 1 N–H and O–H groups in total. The van der Waals surface area contributed by atoms with Gasteiger partial charge in [-0.15, -0.1) is 0 Å². The number of hydrogen-bond acceptors (Lipinski definition) is 9. The fourth-order valence-corrected chi connectivity index (χ4v) is 3.26. The second kappa shape index (κ2) is 10.1. The van der Waals surface area contributed by atoms with E-state index >= 15 is 0 Å². The molecule has 0 bridgehead atoms. The van der Waals surface area contributed by atoms with E-state index in [0.717, 1.165) is 0 Å². The number of carbonyl (C=O) groups is 4. The molecule has 30 heavy (non-hydrogen) atoms. The molecular weight excluding hydrogens is 400 g/mol. The molecule has 0 saturated carbocycles. The SMILES string of the molecule is COc1ccc(CC(=O)O)cc1[C@@H]1O[C@H](COC(C)=O)[C@@H](OC(C)=O)[C@H]1OC(C)=O. The summed E-state index contributed by atoms with van der Waals surface area (Å²) in [6.45, 7) is 3.36. The maximum atomic E-state index is 11.7. The highest BCUT2D eigenvalue weighted by Crippen LogP contribution is 2.41. The van der Waals surface area contributed by atoms with Crippen molar-refractivity contribution in [3.63, 3.8) is 0 Å². The monoisotopic (exact) mass is 424 g/mol. The number of carboxylic acid groups (broad SMARTS) is 1. The Labute approximate surface area is 173 Å². The van der Waals surface area contributed by atoms with Crippen LogP contribution in [0.5, 0.6) is 5.75 Å². The number of aliphatic carboxylic acids is 1. The first-order chi connectivity index (χ1) is 14.1. The van der Waals surface area contributed by atoms with Crippen LogP contribution in [0.1, 0.15) is 38.0 Å². The van der Waals surface area contributed by atoms with Gasteiger partial charge in [0.15, 0.2) is 12.2 Å². The van der Waals surface area contributed by atoms with E-state index in [4.69, 9.17) is 28.8 Å². The summed E-state index contributed by atoms with van der Waals surface area (Å²) >= 11 is 0. The average Bonchev–Trinajstić information content (AvgIpc) is 2.95. The fourth-order valence-electron chi connectivity index (χ4n) is 3.26. The Hall–Kier alpha value is -3.14. The molecule has 0 unspecified atom stereocenters. The van der Waals surface area contributed by atoms with Crippen LogP contribution in [-0.2, 0) is 44.5 Å². The standard InChI is InChI=1S/C20H24O10/c1-10(21)27-9-16-19(28-11(2)22)20(29-12(3)23)18(30-16)14-7-13(8-17(24)25)5-6-15(14)26-4/h5-7,16,18-20H,8-9H2,1-4H3,(H,24,25)/t16-,18+,19-,20+/m1/s1. The van der Waals surface area contributed by atoms with Crippen molar-refractivity contribution in [3.05, 3.63) is 29.3 Å². The number of rotatable bonds is 8. The predicted octanol–water partition coefficient (Wildman–Crippen LogP) is 1.19. The van der Waals surface area contributed by atoms with Gasteiger partial charge in [0.2, 0.25) is 0 Å². The van der Waals surface area contributed by atoms with Gasteiger partial charge in [0.1, 0.15) is 24.6 Å². The lowest BCUT2D eigenvalue weighted by Crippen LogP contribution is -2.40. The highest BCUT2D eigenvalue weighted by atomic mass is 16.6. The molecule has 1 saturated heterocycles. The molecule has 0 aromatic heterocycles. The van der Waals surface area contributed by atoms with E-state index in [2.05, 4.69) is 0 Å². The third kappa shape index (κ3) is 5.93. The Bertz CT molecular complexity index is 818. The van der Waals surface area contributed by atoms with E-state index in [1.165, 1.54) is 27.9 Å². The van der Waals surface area contributed by atoms with Crippen LogP contribution in [0.3, 0.4) is 0 Å². The molecule has 0 amide bonds. The fraction of sp³-hybridized carbons (Fsp3) is 0.500. The zero-order chi connectivity index (χ0) is 22.4. The highest BCUT2D eigenvalue weighted by molar-refractivity contribution is 5.70. The van der Waals surface area contributed by atoms with E-state index in [-0.39, 0.29) is 13.0 Å². The molecule has 0 radical (unpaired) electrons. The van der Waals surface area contributed by atoms with Crippen molar-refractivity contribution in [2.45, 2.75) is 51.6 Å². The number of carboxylic acids is 1. The lowest BCUT2D eigenvalue weighted by molar-refractivity contribution is -0.165. The van der Waals surface area contributed by atoms with Gasteiger partial charge in [-0.2, -0.15) is 0 Å². The molecule has 2 rings (SSSR count). The normalized spacial score (nSPS) is 22.8. The molecule has 1 fully saturated rings. The summed E-state index contributed by atoms with van der Waals surface area (Å²) in [4.78, 5) is 45.7. The predicted molar refractivity (Wildman–Crippen MR) is 99.7 cm³/mol. The third-order valence-corrected chi connectivity index (χ3v) is 4.32. The van der Waals surface area contributed by atoms with Crippen LogP contribution in [0, 0.1) is 0 Å². The number of benzene rings is 1. The summed E-state index contributed by atoms with van der Waals surface area (Å²) in [5.74, 6) is -2.50. The lowest BCUT2D eigenvalue weighted by Gasteiger charge is -2.24. The van der Waals surface area contributed by atoms with E-state index < -0.39 is 48.3 Å². The minimum Gasteiger partial charge on any atom is -0.496 e. The average molecular weight is 424 g/mol. The van der Waals surface area contributed by atoms with Crippen LogP contribution in [0.4, 0.5) is 0 Å². The first-order valence-corrected chi connectivity index (χ1v) is 9.14. The summed E-state index contributed by atoms with van der Waals surface area (Å²) in [5.41, 5.74) is 0.876. The molecule has 1 heterocycles. The van der Waals surface area contributed by atoms with Crippen LogP contribution >= 0.6 is 0 Å². The van der Waals surface area contributed by atoms with Crippen molar-refractivity contribution in [3.8, 4) is 5.75 Å². The van der Waals surface area contributed by atoms with Gasteiger partial charge in [0.05, 0.1) is 13.5 Å². The number of ether oxygens (including phenoxy) is 5. The Kier molecular flexibility index (Phi) is 7.76. The van der Waals surface area contributed by atoms with Crippen molar-refractivity contribution in [1.29, 1.82) is 0 Å². The summed E-state index contributed by atoms with van der Waals surface area (Å²) in [6.07, 6.45) is -4.24. The Morgan fingerprint density at radius 2 is 1.63 bits per heavy atom. The van der Waals surface area contributed by atoms with Gasteiger partial charge < -0.3 is 28.8 Å². The lowest BCUT2D eigenvalue weighted by atomic mass is 9.97. The van der Waals surface area contributed by atoms with Crippen LogP contribution in [0.15, 0.2) is 18.2 Å². The van der Waals surface area contributed by atoms with Gasteiger partial charge >= 0.3 is 23.9 Å². The van der Waals surface area contributed by atoms with Crippen molar-refractivity contribution >= 4 is 23.9 Å². The zero-order valence-corrected chi connectivity index (χ0v) is 17.1. The number of esters is 3. The maximum Gasteiger partial charge on any atom is 0.307 e. The molecule has 1 aliphatic rings. The summed E-state index contributed by atoms with van der Waals surface area (Å²) < 4.78 is 27.0. The Morgan fingerprint density at radius 1 is 1.00 bits per heavy atom. The van der Waals surface area contributed by atoms with E-state index in [0.29, 0.717) is 16.9 Å². The van der Waals surface area contributed by atoms with E-state index in [1.807, 2.05) is 0 Å². The van der Waals surface area contributed by atoms with Gasteiger partial charge in [-0.05, 0) is 17.7 Å². The van der Waals surface area contributed by atoms with E-state index in [1.54, 1.807) is 18.2 Å². The molecule has 10 heteroatoms. The van der Waals surface area contributed by atoms with Crippen molar-refractivity contribution in [2.75, 3.05) is 13.7 Å². The maximum absolute atomic E-state index is 11.7. The second-order valence-electron chi connectivity index (χ2n) is 6.69. The smallest absolute Gasteiger partial charge is 0.307 e. The number of hydrogen-bond donors (Lipinski definition) is 1. The molecule has 4 atom stereocenters. The molecule has 164 valence electrons. The van der Waals surface area contributed by atoms with Gasteiger partial charge in [0.25, 0.3) is 0 Å². The van der Waals surface area contributed by atoms with Crippen molar-refractivity contribution in [2.24, 2.45) is 0 Å². The Balaban J connectivity index is 2.48. The molecular formula is C20H24O10. The Morgan fingerprint density at radius 3 is 2.17 bits per heavy atom. The van der Waals surface area contributed by atoms with Crippen LogP contribution in [0.25, 0.3) is 0 Å². The summed E-state index contributed by atoms with van der Waals surface area (Å²) in [6, 6.07) is 4.72. The van der Waals surface area contributed by atoms with Crippen molar-refractivity contribution in [1.82, 2.24) is 0 Å². The molecule has 1 aliphatic heterocycles. The highest BCUT2D eigenvalue weighted by Gasteiger charge is 2.51. The minimum absolute atomic E-state index is 0.237. The number of methoxy groups -OCH3 is 1. The number of carbonyl (C=O) groups excluding carboxylic acids is 3. The van der Waals surface area contributed by atoms with Crippen LogP contribution in [-0.4, -0.2) is 61.0 Å². The molecule has 1 aromatic rings. The quantitative estimate of drug-likeness (QED) is 0.479. The molecule has 0 aliphatic carbocycles. The third-order valence-electron chi connectivity index (χ3n) is 4.32. The van der Waals surface area contributed by atoms with Crippen molar-refractivity contribution < 1.29 is 48.0 Å². The largest absolute Gasteiger partial charge is 0.496 e. The first-order valence-electron chi connectivity index (χ1n) is 9.14. The van der Waals surface area contributed by atoms with E-state index in [9.17, 15) is 19.2 Å². The summed E-state index contributed by atoms with van der Waals surface area (Å²) in [7, 11) is 1.42. The zero-order valence-electron chi connectivity index (χ0n) is 17.1. The van der Waals surface area contributed by atoms with Gasteiger partial charge in [0, 0.05) is 26.3 Å². The summed E-state index contributed by atoms with van der Waals surface area (Å²) in [5, 5.41) is 9.09. The first kappa shape index (κ1) is 23.1. The van der Waals surface area contributed by atoms with Gasteiger partial charge in [-0.3, -0.25) is 19.2 Å². The van der Waals surface area contributed by atoms with Crippen LogP contribution in [0.2, 0.25) is 0 Å². The minimum atomic E-state index is -1.07. The molecule has 0 spiro atoms. The van der Waals surface area contributed by atoms with Crippen LogP contribution < -0.4 is 4.74 Å². The molecule has 1 aromatic carbocycles. The molecule has 10 nitrogen and oxygen atoms in total. The second-order valence-corrected chi connectivity index (χ2v) is 6.69. The van der Waals surface area contributed by atoms with Gasteiger partial charge in [-0.1, -0.05) is 6.07 Å². The van der Waals surface area contributed by atoms with Gasteiger partial charge in [-0.25, -0.2) is 0 Å². The topological polar surface area (TPSA) is 135 Å².